The standard InChI is InChI=1S/C20H16ClN5OS/c1-11-10-24-16(25-12(2)27)9-14(11)20-26-17(13-5-3-4-6-15(13)21)18(28-20)19-22-7-8-23-19/h3-10H,1-2H3,(H,22,23)(H,24,25,27). The first-order valence-electron chi connectivity index (χ1n) is 8.53. The third-order valence-corrected chi connectivity index (χ3v) is 5.53. The Bertz CT molecular complexity index is 1150. The molecule has 4 aromatic rings. The molecule has 0 bridgehead atoms. The Morgan fingerprint density at radius 2 is 2.04 bits per heavy atom. The number of aryl methyl sites for hydroxylation is 1. The van der Waals surface area contributed by atoms with E-state index in [4.69, 9.17) is 16.6 Å². The number of carbonyl (C=O) groups is 1. The molecule has 0 saturated heterocycles. The van der Waals surface area contributed by atoms with Gasteiger partial charge in [-0.05, 0) is 24.6 Å². The molecule has 0 atom stereocenters. The SMILES string of the molecule is CC(=O)Nc1cc(-c2nc(-c3ccccc3Cl)c(-c3ncc[nH]3)s2)c(C)cn1. The van der Waals surface area contributed by atoms with Crippen LogP contribution in [0.15, 0.2) is 48.9 Å². The summed E-state index contributed by atoms with van der Waals surface area (Å²) in [5.74, 6) is 1.05. The Morgan fingerprint density at radius 3 is 2.75 bits per heavy atom. The number of anilines is 1. The number of hydrogen-bond donors (Lipinski definition) is 2. The highest BCUT2D eigenvalue weighted by molar-refractivity contribution is 7.18. The number of thiazole rings is 1. The van der Waals surface area contributed by atoms with Crippen LogP contribution in [0.4, 0.5) is 5.82 Å². The molecule has 0 aliphatic heterocycles. The first-order valence-corrected chi connectivity index (χ1v) is 9.72. The van der Waals surface area contributed by atoms with Crippen LogP contribution in [-0.2, 0) is 4.79 Å². The van der Waals surface area contributed by atoms with Crippen molar-refractivity contribution in [3.8, 4) is 32.5 Å². The van der Waals surface area contributed by atoms with Gasteiger partial charge in [0.05, 0.1) is 15.6 Å². The Morgan fingerprint density at radius 1 is 1.21 bits per heavy atom. The van der Waals surface area contributed by atoms with Crippen LogP contribution in [0, 0.1) is 6.92 Å². The Balaban J connectivity index is 1.90. The molecule has 28 heavy (non-hydrogen) atoms. The highest BCUT2D eigenvalue weighted by atomic mass is 35.5. The maximum Gasteiger partial charge on any atom is 0.222 e. The number of H-pyrrole nitrogens is 1. The van der Waals surface area contributed by atoms with Gasteiger partial charge in [0.25, 0.3) is 0 Å². The van der Waals surface area contributed by atoms with Crippen LogP contribution in [-0.4, -0.2) is 25.8 Å². The number of carbonyl (C=O) groups excluding carboxylic acids is 1. The molecule has 2 N–H and O–H groups in total. The number of amides is 1. The van der Waals surface area contributed by atoms with Gasteiger partial charge in [-0.2, -0.15) is 0 Å². The van der Waals surface area contributed by atoms with Gasteiger partial charge in [-0.25, -0.2) is 15.0 Å². The Labute approximate surface area is 170 Å². The van der Waals surface area contributed by atoms with Crippen molar-refractivity contribution in [2.45, 2.75) is 13.8 Å². The minimum absolute atomic E-state index is 0.172. The number of aromatic nitrogens is 4. The summed E-state index contributed by atoms with van der Waals surface area (Å²) in [6.07, 6.45) is 5.21. The zero-order valence-electron chi connectivity index (χ0n) is 15.2. The van der Waals surface area contributed by atoms with Gasteiger partial charge in [-0.15, -0.1) is 11.3 Å². The molecular formula is C20H16ClN5OS. The second kappa shape index (κ2) is 7.53. The second-order valence-corrected chi connectivity index (χ2v) is 7.59. The first kappa shape index (κ1) is 18.3. The van der Waals surface area contributed by atoms with Crippen LogP contribution in [0.1, 0.15) is 12.5 Å². The van der Waals surface area contributed by atoms with Gasteiger partial charge in [-0.1, -0.05) is 29.8 Å². The predicted molar refractivity (Wildman–Crippen MR) is 112 cm³/mol. The summed E-state index contributed by atoms with van der Waals surface area (Å²) in [5, 5.41) is 4.14. The number of benzene rings is 1. The van der Waals surface area contributed by atoms with E-state index in [9.17, 15) is 4.79 Å². The number of hydrogen-bond acceptors (Lipinski definition) is 5. The van der Waals surface area contributed by atoms with Crippen LogP contribution >= 0.6 is 22.9 Å². The number of nitrogens with zero attached hydrogens (tertiary/aromatic N) is 3. The molecule has 4 rings (SSSR count). The third-order valence-electron chi connectivity index (χ3n) is 4.11. The number of halogens is 1. The maximum atomic E-state index is 11.4. The minimum atomic E-state index is -0.172. The van der Waals surface area contributed by atoms with Crippen LogP contribution in [0.3, 0.4) is 0 Å². The molecule has 1 amide bonds. The van der Waals surface area contributed by atoms with E-state index in [1.54, 1.807) is 18.6 Å². The fourth-order valence-electron chi connectivity index (χ4n) is 2.82. The molecule has 0 aliphatic rings. The van der Waals surface area contributed by atoms with Crippen molar-refractivity contribution >= 4 is 34.7 Å². The molecule has 0 unspecified atom stereocenters. The van der Waals surface area contributed by atoms with E-state index in [1.807, 2.05) is 37.3 Å². The van der Waals surface area contributed by atoms with Crippen LogP contribution in [0.2, 0.25) is 5.02 Å². The summed E-state index contributed by atoms with van der Waals surface area (Å²) in [4.78, 5) is 29.0. The first-order chi connectivity index (χ1) is 13.5. The van der Waals surface area contributed by atoms with Crippen LogP contribution in [0.5, 0.6) is 0 Å². The molecular weight excluding hydrogens is 394 g/mol. The molecule has 3 aromatic heterocycles. The van der Waals surface area contributed by atoms with E-state index in [0.717, 1.165) is 38.1 Å². The molecule has 3 heterocycles. The summed E-state index contributed by atoms with van der Waals surface area (Å²) in [5.41, 5.74) is 3.46. The van der Waals surface area contributed by atoms with Crippen molar-refractivity contribution in [1.82, 2.24) is 19.9 Å². The Kier molecular flexibility index (Phi) is 4.93. The number of aromatic amines is 1. The monoisotopic (exact) mass is 409 g/mol. The summed E-state index contributed by atoms with van der Waals surface area (Å²) < 4.78 is 0. The molecule has 140 valence electrons. The van der Waals surface area contributed by atoms with E-state index in [1.165, 1.54) is 18.3 Å². The van der Waals surface area contributed by atoms with Crippen LogP contribution < -0.4 is 5.32 Å². The zero-order valence-corrected chi connectivity index (χ0v) is 16.7. The van der Waals surface area contributed by atoms with Gasteiger partial charge in [-0.3, -0.25) is 4.79 Å². The lowest BCUT2D eigenvalue weighted by molar-refractivity contribution is -0.114. The lowest BCUT2D eigenvalue weighted by Crippen LogP contribution is -2.07. The number of imidazole rings is 1. The second-order valence-electron chi connectivity index (χ2n) is 6.18. The van der Waals surface area contributed by atoms with Gasteiger partial charge >= 0.3 is 0 Å². The van der Waals surface area contributed by atoms with Crippen molar-refractivity contribution in [3.05, 3.63) is 59.5 Å². The fraction of sp³-hybridized carbons (Fsp3) is 0.100. The van der Waals surface area contributed by atoms with Crippen molar-refractivity contribution < 1.29 is 4.79 Å². The van der Waals surface area contributed by atoms with Crippen molar-refractivity contribution in [1.29, 1.82) is 0 Å². The summed E-state index contributed by atoms with van der Waals surface area (Å²) in [7, 11) is 0. The third kappa shape index (κ3) is 3.54. The smallest absolute Gasteiger partial charge is 0.222 e. The molecule has 0 aliphatic carbocycles. The van der Waals surface area contributed by atoms with Crippen molar-refractivity contribution in [3.63, 3.8) is 0 Å². The Hall–Kier alpha value is -3.03. The van der Waals surface area contributed by atoms with Crippen molar-refractivity contribution in [2.75, 3.05) is 5.32 Å². The molecule has 6 nitrogen and oxygen atoms in total. The van der Waals surface area contributed by atoms with E-state index in [0.29, 0.717) is 10.8 Å². The average molecular weight is 410 g/mol. The molecule has 0 spiro atoms. The van der Waals surface area contributed by atoms with Crippen LogP contribution in [0.25, 0.3) is 32.5 Å². The quantitative estimate of drug-likeness (QED) is 0.486. The molecule has 8 heteroatoms. The topological polar surface area (TPSA) is 83.6 Å². The van der Waals surface area contributed by atoms with Gasteiger partial charge in [0, 0.05) is 36.6 Å². The maximum absolute atomic E-state index is 11.4. The summed E-state index contributed by atoms with van der Waals surface area (Å²) in [6.45, 7) is 3.41. The van der Waals surface area contributed by atoms with E-state index in [-0.39, 0.29) is 5.91 Å². The van der Waals surface area contributed by atoms with E-state index >= 15 is 0 Å². The van der Waals surface area contributed by atoms with Gasteiger partial charge in [0.15, 0.2) is 0 Å². The summed E-state index contributed by atoms with van der Waals surface area (Å²) >= 11 is 7.95. The number of pyridine rings is 1. The van der Waals surface area contributed by atoms with E-state index in [2.05, 4.69) is 20.3 Å². The highest BCUT2D eigenvalue weighted by Crippen LogP contribution is 2.42. The van der Waals surface area contributed by atoms with Gasteiger partial charge in [0.1, 0.15) is 16.6 Å². The molecule has 0 fully saturated rings. The molecule has 0 saturated carbocycles. The largest absolute Gasteiger partial charge is 0.344 e. The van der Waals surface area contributed by atoms with E-state index < -0.39 is 0 Å². The lowest BCUT2D eigenvalue weighted by atomic mass is 10.1. The highest BCUT2D eigenvalue weighted by Gasteiger charge is 2.20. The molecule has 1 aromatic carbocycles. The lowest BCUT2D eigenvalue weighted by Gasteiger charge is -2.06. The normalized spacial score (nSPS) is 10.8. The fourth-order valence-corrected chi connectivity index (χ4v) is 4.17. The van der Waals surface area contributed by atoms with Gasteiger partial charge in [0.2, 0.25) is 5.91 Å². The predicted octanol–water partition coefficient (Wildman–Crippen LogP) is 5.18. The number of rotatable bonds is 4. The van der Waals surface area contributed by atoms with Crippen molar-refractivity contribution in [2.24, 2.45) is 0 Å². The minimum Gasteiger partial charge on any atom is -0.344 e. The average Bonchev–Trinajstić information content (AvgIpc) is 3.32. The summed E-state index contributed by atoms with van der Waals surface area (Å²) in [6, 6.07) is 9.43. The van der Waals surface area contributed by atoms with Gasteiger partial charge < -0.3 is 10.3 Å². The zero-order chi connectivity index (χ0) is 19.7. The number of nitrogens with one attached hydrogen (secondary N) is 2. The molecule has 0 radical (unpaired) electrons.